The minimum Gasteiger partial charge on any atom is -0.466 e. The second-order valence-corrected chi connectivity index (χ2v) is 4.22. The maximum absolute atomic E-state index is 11.1. The van der Waals surface area contributed by atoms with Crippen molar-refractivity contribution in [3.63, 3.8) is 0 Å². The lowest BCUT2D eigenvalue weighted by atomic mass is 10.1. The Kier molecular flexibility index (Phi) is 11.5. The fourth-order valence-corrected chi connectivity index (χ4v) is 1.32. The summed E-state index contributed by atoms with van der Waals surface area (Å²) in [4.78, 5) is 11.1. The van der Waals surface area contributed by atoms with Crippen molar-refractivity contribution in [3.05, 3.63) is 24.3 Å². The molecule has 0 saturated heterocycles. The summed E-state index contributed by atoms with van der Waals surface area (Å²) in [7, 11) is 0. The Labute approximate surface area is 121 Å². The van der Waals surface area contributed by atoms with Crippen molar-refractivity contribution < 1.29 is 19.7 Å². The smallest absolute Gasteiger partial charge is 0.305 e. The lowest BCUT2D eigenvalue weighted by Gasteiger charge is -2.03. The molecular weight excluding hydrogens is 256 g/mol. The van der Waals surface area contributed by atoms with Gasteiger partial charge in [-0.15, -0.1) is 0 Å². The van der Waals surface area contributed by atoms with Crippen LogP contribution in [0.3, 0.4) is 0 Å². The van der Waals surface area contributed by atoms with Crippen molar-refractivity contribution in [2.24, 2.45) is 0 Å². The lowest BCUT2D eigenvalue weighted by Crippen LogP contribution is -2.07. The first-order chi connectivity index (χ1) is 9.60. The quantitative estimate of drug-likeness (QED) is 0.405. The molecule has 112 valence electrons. The van der Waals surface area contributed by atoms with Gasteiger partial charge in [0, 0.05) is 6.42 Å². The van der Waals surface area contributed by atoms with Gasteiger partial charge in [-0.3, -0.25) is 4.79 Å². The summed E-state index contributed by atoms with van der Waals surface area (Å²) in [5, 5.41) is 18.8. The highest BCUT2D eigenvalue weighted by atomic mass is 16.5. The number of hydrogen-bond acceptors (Lipinski definition) is 4. The average Bonchev–Trinajstić information content (AvgIpc) is 2.42. The average molecular weight is 280 g/mol. The molecule has 0 radical (unpaired) electrons. The van der Waals surface area contributed by atoms with E-state index >= 15 is 0 Å². The summed E-state index contributed by atoms with van der Waals surface area (Å²) in [6.07, 6.45) is 7.52. The molecule has 0 rings (SSSR count). The number of ether oxygens (including phenoxy) is 1. The largest absolute Gasteiger partial charge is 0.466 e. The summed E-state index contributed by atoms with van der Waals surface area (Å²) in [6, 6.07) is 0. The van der Waals surface area contributed by atoms with E-state index in [1.54, 1.807) is 31.2 Å². The minimum absolute atomic E-state index is 0.243. The Bertz CT molecular complexity index is 374. The first-order valence-electron chi connectivity index (χ1n) is 6.96. The fourth-order valence-electron chi connectivity index (χ4n) is 1.32. The summed E-state index contributed by atoms with van der Waals surface area (Å²) >= 11 is 0. The third-order valence-corrected chi connectivity index (χ3v) is 2.46. The molecule has 0 bridgehead atoms. The van der Waals surface area contributed by atoms with Gasteiger partial charge in [0.05, 0.1) is 12.7 Å². The molecule has 4 nitrogen and oxygen atoms in total. The van der Waals surface area contributed by atoms with Crippen LogP contribution in [-0.4, -0.2) is 35.0 Å². The van der Waals surface area contributed by atoms with Crippen molar-refractivity contribution in [2.75, 3.05) is 6.61 Å². The number of aliphatic hydroxyl groups excluding tert-OH is 2. The third kappa shape index (κ3) is 11.5. The van der Waals surface area contributed by atoms with Crippen LogP contribution in [0.4, 0.5) is 0 Å². The molecule has 0 aliphatic rings. The first-order valence-corrected chi connectivity index (χ1v) is 6.96. The van der Waals surface area contributed by atoms with Gasteiger partial charge in [-0.05, 0) is 32.3 Å². The van der Waals surface area contributed by atoms with Crippen LogP contribution in [-0.2, 0) is 9.53 Å². The second-order valence-electron chi connectivity index (χ2n) is 4.22. The fraction of sp³-hybridized carbons (Fsp3) is 0.562. The van der Waals surface area contributed by atoms with Gasteiger partial charge in [0.1, 0.15) is 6.10 Å². The normalized spacial score (nSPS) is 14.0. The van der Waals surface area contributed by atoms with Gasteiger partial charge >= 0.3 is 5.97 Å². The topological polar surface area (TPSA) is 66.8 Å². The number of carbonyl (C=O) groups is 1. The van der Waals surface area contributed by atoms with Gasteiger partial charge in [-0.1, -0.05) is 37.0 Å². The van der Waals surface area contributed by atoms with Crippen LogP contribution >= 0.6 is 0 Å². The van der Waals surface area contributed by atoms with Crippen LogP contribution in [0.25, 0.3) is 0 Å². The van der Waals surface area contributed by atoms with Crippen LogP contribution < -0.4 is 0 Å². The Morgan fingerprint density at radius 1 is 1.30 bits per heavy atom. The van der Waals surface area contributed by atoms with Gasteiger partial charge in [-0.25, -0.2) is 0 Å². The van der Waals surface area contributed by atoms with Gasteiger partial charge in [0.2, 0.25) is 0 Å². The highest BCUT2D eigenvalue weighted by Crippen LogP contribution is 2.01. The van der Waals surface area contributed by atoms with E-state index in [0.29, 0.717) is 32.3 Å². The van der Waals surface area contributed by atoms with E-state index < -0.39 is 12.2 Å². The molecule has 2 N–H and O–H groups in total. The molecule has 2 atom stereocenters. The molecule has 0 aromatic carbocycles. The van der Waals surface area contributed by atoms with Crippen LogP contribution in [0, 0.1) is 11.8 Å². The second kappa shape index (κ2) is 12.5. The van der Waals surface area contributed by atoms with Crippen molar-refractivity contribution >= 4 is 5.97 Å². The Hall–Kier alpha value is -1.57. The van der Waals surface area contributed by atoms with Crippen LogP contribution in [0.15, 0.2) is 24.3 Å². The standard InChI is InChI=1S/C16H24O4/c1-3-14(17)10-7-5-6-8-11-15(18)12-9-13-16(19)20-4-2/h5-7,10,14-15,17-18H,3-4,9,12-13H2,1-2H3/b6-5+,10-7+/t14-,15-/m1/s1. The summed E-state index contributed by atoms with van der Waals surface area (Å²) < 4.78 is 4.78. The summed E-state index contributed by atoms with van der Waals surface area (Å²) in [5.41, 5.74) is 0. The van der Waals surface area contributed by atoms with Gasteiger partial charge in [-0.2, -0.15) is 0 Å². The van der Waals surface area contributed by atoms with E-state index in [1.807, 2.05) is 6.92 Å². The molecular formula is C16H24O4. The molecule has 0 heterocycles. The number of aliphatic hydroxyl groups is 2. The highest BCUT2D eigenvalue weighted by Gasteiger charge is 2.04. The molecule has 0 aliphatic carbocycles. The van der Waals surface area contributed by atoms with E-state index in [1.165, 1.54) is 0 Å². The number of esters is 1. The van der Waals surface area contributed by atoms with Gasteiger partial charge in [0.25, 0.3) is 0 Å². The molecule has 0 aromatic heterocycles. The number of allylic oxidation sites excluding steroid dienone is 3. The number of carbonyl (C=O) groups excluding carboxylic acids is 1. The van der Waals surface area contributed by atoms with E-state index in [9.17, 15) is 15.0 Å². The van der Waals surface area contributed by atoms with Crippen molar-refractivity contribution in [2.45, 2.75) is 51.7 Å². The van der Waals surface area contributed by atoms with Crippen molar-refractivity contribution in [3.8, 4) is 11.8 Å². The van der Waals surface area contributed by atoms with E-state index in [-0.39, 0.29) is 5.97 Å². The number of hydrogen-bond donors (Lipinski definition) is 2. The van der Waals surface area contributed by atoms with Crippen LogP contribution in [0.2, 0.25) is 0 Å². The zero-order valence-corrected chi connectivity index (χ0v) is 12.2. The van der Waals surface area contributed by atoms with Gasteiger partial charge in [0.15, 0.2) is 0 Å². The molecule has 4 heteroatoms. The minimum atomic E-state index is -0.737. The Morgan fingerprint density at radius 3 is 2.70 bits per heavy atom. The predicted molar refractivity (Wildman–Crippen MR) is 78.8 cm³/mol. The predicted octanol–water partition coefficient (Wildman–Crippen LogP) is 1.97. The zero-order valence-electron chi connectivity index (χ0n) is 12.2. The van der Waals surface area contributed by atoms with Crippen LogP contribution in [0.5, 0.6) is 0 Å². The highest BCUT2D eigenvalue weighted by molar-refractivity contribution is 5.69. The molecule has 20 heavy (non-hydrogen) atoms. The Balaban J connectivity index is 3.84. The third-order valence-electron chi connectivity index (χ3n) is 2.46. The monoisotopic (exact) mass is 280 g/mol. The number of rotatable bonds is 8. The molecule has 0 spiro atoms. The maximum atomic E-state index is 11.1. The Morgan fingerprint density at radius 2 is 2.05 bits per heavy atom. The van der Waals surface area contributed by atoms with Crippen LogP contribution in [0.1, 0.15) is 39.5 Å². The van der Waals surface area contributed by atoms with E-state index in [2.05, 4.69) is 11.8 Å². The maximum Gasteiger partial charge on any atom is 0.305 e. The summed E-state index contributed by atoms with van der Waals surface area (Å²) in [5.74, 6) is 5.13. The molecule has 0 aromatic rings. The molecule has 0 amide bonds. The molecule has 0 unspecified atom stereocenters. The molecule has 0 aliphatic heterocycles. The lowest BCUT2D eigenvalue weighted by molar-refractivity contribution is -0.143. The van der Waals surface area contributed by atoms with E-state index in [0.717, 1.165) is 0 Å². The SMILES string of the molecule is CCOC(=O)CCC[C@H](O)C#C/C=C/C=C/[C@H](O)CC. The zero-order chi connectivity index (χ0) is 15.2. The summed E-state index contributed by atoms with van der Waals surface area (Å²) in [6.45, 7) is 4.04. The van der Waals surface area contributed by atoms with Crippen molar-refractivity contribution in [1.82, 2.24) is 0 Å². The molecule has 0 saturated carbocycles. The van der Waals surface area contributed by atoms with E-state index in [4.69, 9.17) is 4.74 Å². The first kappa shape index (κ1) is 18.4. The van der Waals surface area contributed by atoms with Gasteiger partial charge < -0.3 is 14.9 Å². The van der Waals surface area contributed by atoms with Crippen molar-refractivity contribution in [1.29, 1.82) is 0 Å². The molecule has 0 fully saturated rings.